The second-order valence-electron chi connectivity index (χ2n) is 4.57. The molecule has 1 heterocycles. The molecular weight excluding hydrogens is 198 g/mol. The lowest BCUT2D eigenvalue weighted by Gasteiger charge is -2.13. The van der Waals surface area contributed by atoms with Gasteiger partial charge in [0.2, 0.25) is 0 Å². The second-order valence-corrected chi connectivity index (χ2v) is 4.57. The fourth-order valence-electron chi connectivity index (χ4n) is 2.20. The third-order valence-corrected chi connectivity index (χ3v) is 3.21. The third-order valence-electron chi connectivity index (χ3n) is 3.21. The highest BCUT2D eigenvalue weighted by atomic mass is 16.5. The van der Waals surface area contributed by atoms with Gasteiger partial charge in [-0.2, -0.15) is 0 Å². The van der Waals surface area contributed by atoms with Crippen LogP contribution >= 0.6 is 0 Å². The normalized spacial score (nSPS) is 19.8. The molecule has 0 unspecified atom stereocenters. The number of nitrogens with two attached hydrogens (primary N) is 1. The van der Waals surface area contributed by atoms with Gasteiger partial charge in [0.1, 0.15) is 5.75 Å². The molecule has 0 aromatic heterocycles. The summed E-state index contributed by atoms with van der Waals surface area (Å²) in [7, 11) is 0. The Morgan fingerprint density at radius 3 is 3.12 bits per heavy atom. The smallest absolute Gasteiger partial charge is 0.124 e. The topological polar surface area (TPSA) is 35.2 Å². The molecule has 1 aromatic carbocycles. The average Bonchev–Trinajstić information content (AvgIpc) is 2.49. The van der Waals surface area contributed by atoms with Crippen molar-refractivity contribution in [2.75, 3.05) is 6.61 Å². The standard InChI is InChI=1S/C14H21NO/c1-2-3-5-11-7-8-14-12(10-11)13(15)6-4-9-16-14/h7-8,10,13H,2-6,9,15H2,1H3/t13-/m1/s1. The van der Waals surface area contributed by atoms with Gasteiger partial charge < -0.3 is 10.5 Å². The Hall–Kier alpha value is -1.02. The molecule has 1 aromatic rings. The van der Waals surface area contributed by atoms with Crippen molar-refractivity contribution in [3.8, 4) is 5.75 Å². The molecule has 0 spiro atoms. The van der Waals surface area contributed by atoms with Gasteiger partial charge in [-0.15, -0.1) is 0 Å². The predicted molar refractivity (Wildman–Crippen MR) is 66.7 cm³/mol. The van der Waals surface area contributed by atoms with Gasteiger partial charge in [-0.1, -0.05) is 25.5 Å². The Kier molecular flexibility index (Phi) is 3.83. The van der Waals surface area contributed by atoms with Gasteiger partial charge >= 0.3 is 0 Å². The lowest BCUT2D eigenvalue weighted by Crippen LogP contribution is -2.09. The van der Waals surface area contributed by atoms with Crippen molar-refractivity contribution in [1.29, 1.82) is 0 Å². The molecule has 2 heteroatoms. The SMILES string of the molecule is CCCCc1ccc2c(c1)[C@H](N)CCCO2. The molecule has 1 atom stereocenters. The minimum atomic E-state index is 0.152. The molecular formula is C14H21NO. The average molecular weight is 219 g/mol. The Morgan fingerprint density at radius 2 is 2.31 bits per heavy atom. The van der Waals surface area contributed by atoms with Crippen LogP contribution in [0.5, 0.6) is 5.75 Å². The van der Waals surface area contributed by atoms with E-state index >= 15 is 0 Å². The molecule has 0 bridgehead atoms. The van der Waals surface area contributed by atoms with Gasteiger partial charge in [0.15, 0.2) is 0 Å². The van der Waals surface area contributed by atoms with E-state index in [0.29, 0.717) is 0 Å². The quantitative estimate of drug-likeness (QED) is 0.847. The molecule has 0 aliphatic carbocycles. The molecule has 0 saturated heterocycles. The van der Waals surface area contributed by atoms with Crippen molar-refractivity contribution < 1.29 is 4.74 Å². The molecule has 1 aliphatic heterocycles. The number of aryl methyl sites for hydroxylation is 1. The maximum Gasteiger partial charge on any atom is 0.124 e. The zero-order valence-electron chi connectivity index (χ0n) is 10.0. The highest BCUT2D eigenvalue weighted by molar-refractivity contribution is 5.40. The largest absolute Gasteiger partial charge is 0.493 e. The second kappa shape index (κ2) is 5.35. The molecule has 16 heavy (non-hydrogen) atoms. The molecule has 2 N–H and O–H groups in total. The summed E-state index contributed by atoms with van der Waals surface area (Å²) in [6.07, 6.45) is 5.72. The molecule has 0 amide bonds. The maximum atomic E-state index is 6.16. The van der Waals surface area contributed by atoms with E-state index in [2.05, 4.69) is 25.1 Å². The number of rotatable bonds is 3. The Bertz CT molecular complexity index is 349. The first-order chi connectivity index (χ1) is 7.81. The minimum Gasteiger partial charge on any atom is -0.493 e. The molecule has 0 radical (unpaired) electrons. The van der Waals surface area contributed by atoms with Crippen LogP contribution in [0.2, 0.25) is 0 Å². The zero-order chi connectivity index (χ0) is 11.4. The lowest BCUT2D eigenvalue weighted by atomic mass is 9.98. The van der Waals surface area contributed by atoms with Gasteiger partial charge in [-0.3, -0.25) is 0 Å². The molecule has 0 fully saturated rings. The first kappa shape index (κ1) is 11.5. The summed E-state index contributed by atoms with van der Waals surface area (Å²) in [4.78, 5) is 0. The van der Waals surface area contributed by atoms with Crippen molar-refractivity contribution in [3.05, 3.63) is 29.3 Å². The van der Waals surface area contributed by atoms with Gasteiger partial charge in [0, 0.05) is 11.6 Å². The van der Waals surface area contributed by atoms with Crippen LogP contribution < -0.4 is 10.5 Å². The minimum absolute atomic E-state index is 0.152. The number of unbranched alkanes of at least 4 members (excludes halogenated alkanes) is 1. The van der Waals surface area contributed by atoms with Crippen LogP contribution in [0.15, 0.2) is 18.2 Å². The molecule has 1 aliphatic rings. The number of hydrogen-bond acceptors (Lipinski definition) is 2. The Morgan fingerprint density at radius 1 is 1.44 bits per heavy atom. The lowest BCUT2D eigenvalue weighted by molar-refractivity contribution is 0.316. The number of hydrogen-bond donors (Lipinski definition) is 1. The van der Waals surface area contributed by atoms with Gasteiger partial charge in [0.25, 0.3) is 0 Å². The van der Waals surface area contributed by atoms with E-state index in [-0.39, 0.29) is 6.04 Å². The number of fused-ring (bicyclic) bond motifs is 1. The number of ether oxygens (including phenoxy) is 1. The summed E-state index contributed by atoms with van der Waals surface area (Å²) in [6, 6.07) is 6.65. The molecule has 2 rings (SSSR count). The van der Waals surface area contributed by atoms with E-state index in [1.54, 1.807) is 0 Å². The first-order valence-electron chi connectivity index (χ1n) is 6.32. The predicted octanol–water partition coefficient (Wildman–Crippen LogP) is 3.20. The van der Waals surface area contributed by atoms with Crippen molar-refractivity contribution in [1.82, 2.24) is 0 Å². The van der Waals surface area contributed by atoms with Crippen LogP contribution in [-0.4, -0.2) is 6.61 Å². The first-order valence-corrected chi connectivity index (χ1v) is 6.32. The van der Waals surface area contributed by atoms with Crippen LogP contribution in [0.4, 0.5) is 0 Å². The monoisotopic (exact) mass is 219 g/mol. The van der Waals surface area contributed by atoms with E-state index in [9.17, 15) is 0 Å². The van der Waals surface area contributed by atoms with Crippen LogP contribution in [0.25, 0.3) is 0 Å². The fourth-order valence-corrected chi connectivity index (χ4v) is 2.20. The van der Waals surface area contributed by atoms with Gasteiger partial charge in [0.05, 0.1) is 6.61 Å². The summed E-state index contributed by atoms with van der Waals surface area (Å²) in [5.74, 6) is 0.991. The molecule has 2 nitrogen and oxygen atoms in total. The third kappa shape index (κ3) is 2.56. The van der Waals surface area contributed by atoms with E-state index in [0.717, 1.165) is 31.6 Å². The highest BCUT2D eigenvalue weighted by Crippen LogP contribution is 2.31. The summed E-state index contributed by atoms with van der Waals surface area (Å²) < 4.78 is 5.70. The Balaban J connectivity index is 2.21. The number of benzene rings is 1. The van der Waals surface area contributed by atoms with E-state index < -0.39 is 0 Å². The van der Waals surface area contributed by atoms with Crippen molar-refractivity contribution >= 4 is 0 Å². The van der Waals surface area contributed by atoms with Crippen molar-refractivity contribution in [3.63, 3.8) is 0 Å². The van der Waals surface area contributed by atoms with Gasteiger partial charge in [-0.05, 0) is 37.3 Å². The van der Waals surface area contributed by atoms with Gasteiger partial charge in [-0.25, -0.2) is 0 Å². The van der Waals surface area contributed by atoms with E-state index in [1.165, 1.54) is 24.0 Å². The van der Waals surface area contributed by atoms with Crippen molar-refractivity contribution in [2.45, 2.75) is 45.1 Å². The highest BCUT2D eigenvalue weighted by Gasteiger charge is 2.16. The fraction of sp³-hybridized carbons (Fsp3) is 0.571. The summed E-state index contributed by atoms with van der Waals surface area (Å²) in [6.45, 7) is 3.02. The van der Waals surface area contributed by atoms with Crippen LogP contribution in [0.3, 0.4) is 0 Å². The zero-order valence-corrected chi connectivity index (χ0v) is 10.0. The molecule has 88 valence electrons. The summed E-state index contributed by atoms with van der Waals surface area (Å²) >= 11 is 0. The summed E-state index contributed by atoms with van der Waals surface area (Å²) in [5, 5.41) is 0. The van der Waals surface area contributed by atoms with Crippen molar-refractivity contribution in [2.24, 2.45) is 5.73 Å². The Labute approximate surface area is 97.8 Å². The van der Waals surface area contributed by atoms with Crippen LogP contribution in [0.1, 0.15) is 49.8 Å². The van der Waals surface area contributed by atoms with Crippen LogP contribution in [-0.2, 0) is 6.42 Å². The van der Waals surface area contributed by atoms with Crippen LogP contribution in [0, 0.1) is 0 Å². The van der Waals surface area contributed by atoms with E-state index in [4.69, 9.17) is 10.5 Å². The van der Waals surface area contributed by atoms with E-state index in [1.807, 2.05) is 0 Å². The maximum absolute atomic E-state index is 6.16. The summed E-state index contributed by atoms with van der Waals surface area (Å²) in [5.41, 5.74) is 8.75. The molecule has 0 saturated carbocycles.